The highest BCUT2D eigenvalue weighted by Gasteiger charge is 2.12. The molecule has 0 amide bonds. The van der Waals surface area contributed by atoms with Crippen LogP contribution in [0.15, 0.2) is 12.1 Å². The van der Waals surface area contributed by atoms with Crippen LogP contribution in [0.3, 0.4) is 0 Å². The Labute approximate surface area is 110 Å². The summed E-state index contributed by atoms with van der Waals surface area (Å²) < 4.78 is 41.8. The van der Waals surface area contributed by atoms with Crippen molar-refractivity contribution in [2.45, 2.75) is 6.42 Å². The van der Waals surface area contributed by atoms with Crippen molar-refractivity contribution in [1.29, 1.82) is 5.26 Å². The average Bonchev–Trinajstić information content (AvgIpc) is 2.40. The van der Waals surface area contributed by atoms with Crippen molar-refractivity contribution in [1.82, 2.24) is 0 Å². The number of hydrogen-bond donors (Lipinski definition) is 0. The van der Waals surface area contributed by atoms with Crippen LogP contribution in [-0.2, 0) is 9.47 Å². The monoisotopic (exact) mass is 271 g/mol. The maximum absolute atomic E-state index is 13.4. The summed E-state index contributed by atoms with van der Waals surface area (Å²) in [5, 5.41) is 8.54. The second-order valence-corrected chi connectivity index (χ2v) is 3.69. The van der Waals surface area contributed by atoms with Crippen LogP contribution in [0.4, 0.5) is 8.78 Å². The summed E-state index contributed by atoms with van der Waals surface area (Å²) >= 11 is 0. The van der Waals surface area contributed by atoms with Gasteiger partial charge in [0, 0.05) is 20.1 Å². The van der Waals surface area contributed by atoms with Gasteiger partial charge in [-0.1, -0.05) is 0 Å². The van der Waals surface area contributed by atoms with Crippen LogP contribution in [0.5, 0.6) is 5.75 Å². The van der Waals surface area contributed by atoms with E-state index >= 15 is 0 Å². The van der Waals surface area contributed by atoms with Crippen molar-refractivity contribution in [3.63, 3.8) is 0 Å². The van der Waals surface area contributed by atoms with E-state index in [1.54, 1.807) is 13.2 Å². The fraction of sp³-hybridized carbons (Fsp3) is 0.462. The summed E-state index contributed by atoms with van der Waals surface area (Å²) in [7, 11) is 1.57. The lowest BCUT2D eigenvalue weighted by Gasteiger charge is -2.08. The number of halogens is 2. The Bertz CT molecular complexity index is 423. The molecule has 19 heavy (non-hydrogen) atoms. The zero-order chi connectivity index (χ0) is 14.1. The Hall–Kier alpha value is -1.71. The van der Waals surface area contributed by atoms with Crippen LogP contribution in [0, 0.1) is 23.0 Å². The van der Waals surface area contributed by atoms with Gasteiger partial charge in [0.05, 0.1) is 31.5 Å². The second kappa shape index (κ2) is 8.40. The van der Waals surface area contributed by atoms with E-state index in [-0.39, 0.29) is 12.2 Å². The molecule has 0 N–H and O–H groups in total. The molecule has 0 bridgehead atoms. The summed E-state index contributed by atoms with van der Waals surface area (Å²) in [6.07, 6.45) is 0.503. The van der Waals surface area contributed by atoms with Crippen LogP contribution in [0.2, 0.25) is 0 Å². The Morgan fingerprint density at radius 1 is 1.11 bits per heavy atom. The van der Waals surface area contributed by atoms with Crippen LogP contribution in [-0.4, -0.2) is 33.5 Å². The summed E-state index contributed by atoms with van der Waals surface area (Å²) in [4.78, 5) is 0. The SMILES string of the molecule is COCCOCCCOc1c(F)cc(C#N)cc1F. The highest BCUT2D eigenvalue weighted by molar-refractivity contribution is 5.37. The fourth-order valence-electron chi connectivity index (χ4n) is 1.34. The van der Waals surface area contributed by atoms with E-state index in [1.807, 2.05) is 0 Å². The third kappa shape index (κ3) is 5.20. The van der Waals surface area contributed by atoms with Gasteiger partial charge in [-0.15, -0.1) is 0 Å². The molecule has 0 spiro atoms. The van der Waals surface area contributed by atoms with E-state index < -0.39 is 17.4 Å². The standard InChI is InChI=1S/C13H15F2NO3/c1-17-5-6-18-3-2-4-19-13-11(14)7-10(9-16)8-12(13)15/h7-8H,2-6H2,1H3. The largest absolute Gasteiger partial charge is 0.488 e. The van der Waals surface area contributed by atoms with Gasteiger partial charge in [0.1, 0.15) is 0 Å². The van der Waals surface area contributed by atoms with Gasteiger partial charge in [0.15, 0.2) is 17.4 Å². The lowest BCUT2D eigenvalue weighted by molar-refractivity contribution is 0.0640. The van der Waals surface area contributed by atoms with Crippen molar-refractivity contribution in [2.24, 2.45) is 0 Å². The second-order valence-electron chi connectivity index (χ2n) is 3.69. The van der Waals surface area contributed by atoms with Gasteiger partial charge in [-0.3, -0.25) is 0 Å². The molecule has 0 aromatic heterocycles. The Kier molecular flexibility index (Phi) is 6.79. The lowest BCUT2D eigenvalue weighted by atomic mass is 10.2. The van der Waals surface area contributed by atoms with Gasteiger partial charge < -0.3 is 14.2 Å². The maximum atomic E-state index is 13.4. The molecule has 0 unspecified atom stereocenters. The molecule has 4 nitrogen and oxygen atoms in total. The van der Waals surface area contributed by atoms with Gasteiger partial charge in [-0.05, 0) is 12.1 Å². The lowest BCUT2D eigenvalue weighted by Crippen LogP contribution is -2.08. The number of methoxy groups -OCH3 is 1. The molecule has 0 aliphatic carbocycles. The fourth-order valence-corrected chi connectivity index (χ4v) is 1.34. The van der Waals surface area contributed by atoms with E-state index in [0.717, 1.165) is 12.1 Å². The quantitative estimate of drug-likeness (QED) is 0.681. The minimum atomic E-state index is -0.878. The van der Waals surface area contributed by atoms with E-state index in [1.165, 1.54) is 0 Å². The van der Waals surface area contributed by atoms with Gasteiger partial charge in [-0.25, -0.2) is 8.78 Å². The molecule has 104 valence electrons. The number of benzene rings is 1. The highest BCUT2D eigenvalue weighted by atomic mass is 19.1. The molecule has 0 heterocycles. The first-order valence-electron chi connectivity index (χ1n) is 5.77. The number of rotatable bonds is 8. The van der Waals surface area contributed by atoms with Crippen molar-refractivity contribution in [3.8, 4) is 11.8 Å². The molecule has 1 aromatic rings. The molecule has 0 saturated heterocycles. The molecule has 6 heteroatoms. The molecule has 0 atom stereocenters. The summed E-state index contributed by atoms with van der Waals surface area (Å²) in [6, 6.07) is 3.54. The van der Waals surface area contributed by atoms with Gasteiger partial charge in [-0.2, -0.15) is 5.26 Å². The van der Waals surface area contributed by atoms with Gasteiger partial charge in [0.2, 0.25) is 0 Å². The minimum absolute atomic E-state index is 0.0785. The highest BCUT2D eigenvalue weighted by Crippen LogP contribution is 2.23. The topological polar surface area (TPSA) is 51.5 Å². The van der Waals surface area contributed by atoms with Gasteiger partial charge in [0.25, 0.3) is 0 Å². The van der Waals surface area contributed by atoms with E-state index in [2.05, 4.69) is 0 Å². The Morgan fingerprint density at radius 2 is 1.79 bits per heavy atom. The molecular weight excluding hydrogens is 256 g/mol. The summed E-state index contributed by atoms with van der Waals surface area (Å²) in [5.74, 6) is -2.22. The Balaban J connectivity index is 2.36. The van der Waals surface area contributed by atoms with Crippen LogP contribution < -0.4 is 4.74 Å². The first-order chi connectivity index (χ1) is 9.19. The normalized spacial score (nSPS) is 10.2. The molecule has 0 aliphatic heterocycles. The zero-order valence-electron chi connectivity index (χ0n) is 10.6. The molecule has 1 rings (SSSR count). The third-order valence-corrected chi connectivity index (χ3v) is 2.24. The summed E-state index contributed by atoms with van der Waals surface area (Å²) in [6.45, 7) is 1.52. The number of nitriles is 1. The molecule has 0 aliphatic rings. The van der Waals surface area contributed by atoms with Crippen molar-refractivity contribution < 1.29 is 23.0 Å². The van der Waals surface area contributed by atoms with E-state index in [4.69, 9.17) is 19.5 Å². The Morgan fingerprint density at radius 3 is 2.37 bits per heavy atom. The van der Waals surface area contributed by atoms with Gasteiger partial charge >= 0.3 is 0 Å². The predicted octanol–water partition coefficient (Wildman–Crippen LogP) is 2.27. The van der Waals surface area contributed by atoms with Crippen molar-refractivity contribution >= 4 is 0 Å². The summed E-state index contributed by atoms with van der Waals surface area (Å²) in [5.41, 5.74) is -0.0785. The van der Waals surface area contributed by atoms with Crippen molar-refractivity contribution in [3.05, 3.63) is 29.3 Å². The number of hydrogen-bond acceptors (Lipinski definition) is 4. The predicted molar refractivity (Wildman–Crippen MR) is 63.9 cm³/mol. The number of ether oxygens (including phenoxy) is 3. The minimum Gasteiger partial charge on any atom is -0.488 e. The van der Waals surface area contributed by atoms with E-state index in [9.17, 15) is 8.78 Å². The molecule has 0 fully saturated rings. The zero-order valence-corrected chi connectivity index (χ0v) is 10.6. The first-order valence-corrected chi connectivity index (χ1v) is 5.77. The average molecular weight is 271 g/mol. The smallest absolute Gasteiger partial charge is 0.190 e. The van der Waals surface area contributed by atoms with E-state index in [0.29, 0.717) is 26.2 Å². The molecule has 0 saturated carbocycles. The molecular formula is C13H15F2NO3. The van der Waals surface area contributed by atoms with Crippen molar-refractivity contribution in [2.75, 3.05) is 33.5 Å². The molecule has 1 aromatic carbocycles. The molecule has 0 radical (unpaired) electrons. The first kappa shape index (κ1) is 15.3. The van der Waals surface area contributed by atoms with Crippen LogP contribution in [0.1, 0.15) is 12.0 Å². The number of nitrogens with zero attached hydrogens (tertiary/aromatic N) is 1. The van der Waals surface area contributed by atoms with Crippen LogP contribution >= 0.6 is 0 Å². The third-order valence-electron chi connectivity index (χ3n) is 2.24. The maximum Gasteiger partial charge on any atom is 0.190 e. The van der Waals surface area contributed by atoms with Crippen LogP contribution in [0.25, 0.3) is 0 Å².